The summed E-state index contributed by atoms with van der Waals surface area (Å²) in [7, 11) is 1.85. The van der Waals surface area contributed by atoms with Crippen molar-refractivity contribution in [3.63, 3.8) is 0 Å². The van der Waals surface area contributed by atoms with Gasteiger partial charge in [-0.3, -0.25) is 0 Å². The minimum atomic E-state index is 0.742. The van der Waals surface area contributed by atoms with Crippen LogP contribution in [0.5, 0.6) is 0 Å². The first-order valence-electron chi connectivity index (χ1n) is 6.67. The highest BCUT2D eigenvalue weighted by atomic mass is 15.1. The standard InChI is InChI=1S/C15H17N5/c1-3-11-4-6-12(7-5-11)18-14-15-17-8-9-20(15)10-13(16-2)19-14/h4-10,16H,3H2,1-2H3,(H,18,19). The van der Waals surface area contributed by atoms with Gasteiger partial charge in [-0.15, -0.1) is 0 Å². The SMILES string of the molecule is CCc1ccc(Nc2nc(NC)cn3ccnc23)cc1. The van der Waals surface area contributed by atoms with Crippen LogP contribution in [-0.4, -0.2) is 21.4 Å². The second kappa shape index (κ2) is 5.21. The molecular weight excluding hydrogens is 250 g/mol. The monoisotopic (exact) mass is 267 g/mol. The molecule has 2 heterocycles. The van der Waals surface area contributed by atoms with Crippen molar-refractivity contribution in [2.24, 2.45) is 0 Å². The van der Waals surface area contributed by atoms with Crippen molar-refractivity contribution in [1.29, 1.82) is 0 Å². The molecule has 2 aromatic heterocycles. The van der Waals surface area contributed by atoms with E-state index in [9.17, 15) is 0 Å². The molecule has 0 aliphatic heterocycles. The fourth-order valence-electron chi connectivity index (χ4n) is 2.10. The van der Waals surface area contributed by atoms with E-state index in [0.717, 1.165) is 29.4 Å². The fourth-order valence-corrected chi connectivity index (χ4v) is 2.10. The maximum Gasteiger partial charge on any atom is 0.180 e. The fraction of sp³-hybridized carbons (Fsp3) is 0.200. The maximum atomic E-state index is 4.52. The molecule has 2 N–H and O–H groups in total. The molecule has 0 spiro atoms. The summed E-state index contributed by atoms with van der Waals surface area (Å²) in [4.78, 5) is 8.86. The molecule has 0 aliphatic rings. The third-order valence-electron chi connectivity index (χ3n) is 3.26. The zero-order chi connectivity index (χ0) is 13.9. The highest BCUT2D eigenvalue weighted by Crippen LogP contribution is 2.21. The summed E-state index contributed by atoms with van der Waals surface area (Å²) in [5, 5.41) is 6.38. The Bertz CT molecular complexity index is 715. The lowest BCUT2D eigenvalue weighted by Gasteiger charge is -2.09. The van der Waals surface area contributed by atoms with E-state index in [1.54, 1.807) is 6.20 Å². The molecule has 0 saturated carbocycles. The van der Waals surface area contributed by atoms with E-state index in [1.807, 2.05) is 23.8 Å². The molecule has 5 nitrogen and oxygen atoms in total. The van der Waals surface area contributed by atoms with Crippen molar-refractivity contribution in [3.8, 4) is 0 Å². The Hall–Kier alpha value is -2.56. The van der Waals surface area contributed by atoms with Gasteiger partial charge in [-0.1, -0.05) is 19.1 Å². The number of fused-ring (bicyclic) bond motifs is 1. The van der Waals surface area contributed by atoms with Crippen molar-refractivity contribution >= 4 is 23.0 Å². The number of nitrogens with one attached hydrogen (secondary N) is 2. The lowest BCUT2D eigenvalue weighted by Crippen LogP contribution is -2.02. The van der Waals surface area contributed by atoms with Crippen LogP contribution in [0.1, 0.15) is 12.5 Å². The van der Waals surface area contributed by atoms with Crippen LogP contribution in [-0.2, 0) is 6.42 Å². The van der Waals surface area contributed by atoms with E-state index in [-0.39, 0.29) is 0 Å². The highest BCUT2D eigenvalue weighted by Gasteiger charge is 2.07. The Balaban J connectivity index is 1.98. The molecule has 0 amide bonds. The topological polar surface area (TPSA) is 54.2 Å². The lowest BCUT2D eigenvalue weighted by atomic mass is 10.1. The van der Waals surface area contributed by atoms with Crippen LogP contribution in [0.4, 0.5) is 17.3 Å². The molecule has 3 aromatic rings. The largest absolute Gasteiger partial charge is 0.372 e. The number of benzene rings is 1. The van der Waals surface area contributed by atoms with Gasteiger partial charge in [0.15, 0.2) is 11.5 Å². The highest BCUT2D eigenvalue weighted by molar-refractivity contribution is 5.71. The molecule has 0 aliphatic carbocycles. The second-order valence-electron chi connectivity index (χ2n) is 4.56. The number of nitrogens with zero attached hydrogens (tertiary/aromatic N) is 3. The first-order chi connectivity index (χ1) is 9.80. The summed E-state index contributed by atoms with van der Waals surface area (Å²) >= 11 is 0. The van der Waals surface area contributed by atoms with Gasteiger partial charge in [0.2, 0.25) is 0 Å². The molecular formula is C15H17N5. The predicted molar refractivity (Wildman–Crippen MR) is 81.6 cm³/mol. The van der Waals surface area contributed by atoms with Crippen molar-refractivity contribution in [2.75, 3.05) is 17.7 Å². The molecule has 0 atom stereocenters. The minimum absolute atomic E-state index is 0.742. The third kappa shape index (κ3) is 2.30. The van der Waals surface area contributed by atoms with Gasteiger partial charge in [-0.25, -0.2) is 9.97 Å². The van der Waals surface area contributed by atoms with E-state index >= 15 is 0 Å². The molecule has 5 heteroatoms. The average molecular weight is 267 g/mol. The van der Waals surface area contributed by atoms with Crippen LogP contribution in [0.3, 0.4) is 0 Å². The molecule has 0 unspecified atom stereocenters. The number of imidazole rings is 1. The second-order valence-corrected chi connectivity index (χ2v) is 4.56. The number of aryl methyl sites for hydroxylation is 1. The molecule has 0 fully saturated rings. The van der Waals surface area contributed by atoms with Gasteiger partial charge in [0, 0.05) is 25.1 Å². The molecule has 3 rings (SSSR count). The lowest BCUT2D eigenvalue weighted by molar-refractivity contribution is 1.12. The van der Waals surface area contributed by atoms with Crippen molar-refractivity contribution in [1.82, 2.24) is 14.4 Å². The zero-order valence-corrected chi connectivity index (χ0v) is 11.6. The normalized spacial score (nSPS) is 10.7. The molecule has 0 saturated heterocycles. The molecule has 102 valence electrons. The summed E-state index contributed by atoms with van der Waals surface area (Å²) in [5.41, 5.74) is 3.13. The molecule has 0 bridgehead atoms. The number of hydrogen-bond donors (Lipinski definition) is 2. The maximum absolute atomic E-state index is 4.52. The Morgan fingerprint density at radius 1 is 1.20 bits per heavy atom. The Morgan fingerprint density at radius 3 is 2.70 bits per heavy atom. The van der Waals surface area contributed by atoms with Gasteiger partial charge in [-0.05, 0) is 24.1 Å². The predicted octanol–water partition coefficient (Wildman–Crippen LogP) is 3.08. The van der Waals surface area contributed by atoms with Crippen molar-refractivity contribution in [2.45, 2.75) is 13.3 Å². The van der Waals surface area contributed by atoms with Crippen LogP contribution in [0, 0.1) is 0 Å². The van der Waals surface area contributed by atoms with E-state index in [2.05, 4.69) is 51.8 Å². The Morgan fingerprint density at radius 2 is 2.00 bits per heavy atom. The first kappa shape index (κ1) is 12.5. The summed E-state index contributed by atoms with van der Waals surface area (Å²) in [6, 6.07) is 8.36. The summed E-state index contributed by atoms with van der Waals surface area (Å²) in [6.45, 7) is 2.15. The molecule has 0 radical (unpaired) electrons. The summed E-state index contributed by atoms with van der Waals surface area (Å²) in [6.07, 6.45) is 6.62. The van der Waals surface area contributed by atoms with Crippen LogP contribution in [0.15, 0.2) is 42.9 Å². The first-order valence-corrected chi connectivity index (χ1v) is 6.67. The number of hydrogen-bond acceptors (Lipinski definition) is 4. The minimum Gasteiger partial charge on any atom is -0.372 e. The molecule has 1 aromatic carbocycles. The van der Waals surface area contributed by atoms with Gasteiger partial charge in [0.05, 0.1) is 6.20 Å². The summed E-state index contributed by atoms with van der Waals surface area (Å²) in [5.74, 6) is 1.54. The van der Waals surface area contributed by atoms with Crippen molar-refractivity contribution < 1.29 is 0 Å². The van der Waals surface area contributed by atoms with Gasteiger partial charge < -0.3 is 15.0 Å². The summed E-state index contributed by atoms with van der Waals surface area (Å²) < 4.78 is 1.95. The van der Waals surface area contributed by atoms with Crippen molar-refractivity contribution in [3.05, 3.63) is 48.4 Å². The van der Waals surface area contributed by atoms with E-state index < -0.39 is 0 Å². The Labute approximate surface area is 117 Å². The van der Waals surface area contributed by atoms with Gasteiger partial charge in [-0.2, -0.15) is 0 Å². The quantitative estimate of drug-likeness (QED) is 0.762. The number of anilines is 3. The van der Waals surface area contributed by atoms with E-state index in [0.29, 0.717) is 0 Å². The van der Waals surface area contributed by atoms with Gasteiger partial charge >= 0.3 is 0 Å². The van der Waals surface area contributed by atoms with Gasteiger partial charge in [0.1, 0.15) is 5.82 Å². The third-order valence-corrected chi connectivity index (χ3v) is 3.26. The smallest absolute Gasteiger partial charge is 0.180 e. The van der Waals surface area contributed by atoms with Gasteiger partial charge in [0.25, 0.3) is 0 Å². The Kier molecular flexibility index (Phi) is 3.25. The van der Waals surface area contributed by atoms with Crippen LogP contribution >= 0.6 is 0 Å². The average Bonchev–Trinajstić information content (AvgIpc) is 2.96. The zero-order valence-electron chi connectivity index (χ0n) is 11.6. The molecule has 20 heavy (non-hydrogen) atoms. The van der Waals surface area contributed by atoms with E-state index in [4.69, 9.17) is 0 Å². The van der Waals surface area contributed by atoms with Crippen LogP contribution in [0.2, 0.25) is 0 Å². The van der Waals surface area contributed by atoms with Crippen LogP contribution < -0.4 is 10.6 Å². The van der Waals surface area contributed by atoms with E-state index in [1.165, 1.54) is 5.56 Å². The number of rotatable bonds is 4. The number of aromatic nitrogens is 3. The van der Waals surface area contributed by atoms with Crippen LogP contribution in [0.25, 0.3) is 5.65 Å².